The first kappa shape index (κ1) is 21.6. The van der Waals surface area contributed by atoms with Crippen LogP contribution in [0.3, 0.4) is 0 Å². The lowest BCUT2D eigenvalue weighted by Gasteiger charge is -2.32. The summed E-state index contributed by atoms with van der Waals surface area (Å²) in [6, 6.07) is 10.2. The van der Waals surface area contributed by atoms with Gasteiger partial charge in [0.1, 0.15) is 17.2 Å². The van der Waals surface area contributed by atoms with Crippen LogP contribution in [-0.2, 0) is 16.0 Å². The number of aromatic nitrogens is 2. The van der Waals surface area contributed by atoms with Crippen molar-refractivity contribution in [2.75, 3.05) is 29.1 Å². The zero-order chi connectivity index (χ0) is 21.6. The third-order valence-electron chi connectivity index (χ3n) is 5.76. The monoisotopic (exact) mass is 439 g/mol. The molecule has 2 heterocycles. The molecule has 0 spiro atoms. The van der Waals surface area contributed by atoms with E-state index in [2.05, 4.69) is 32.4 Å². The molecule has 1 aliphatic carbocycles. The first-order valence-corrected chi connectivity index (χ1v) is 12.0. The number of nitrogens with zero attached hydrogens (tertiary/aromatic N) is 3. The van der Waals surface area contributed by atoms with E-state index in [0.29, 0.717) is 6.04 Å². The molecule has 1 aliphatic heterocycles. The summed E-state index contributed by atoms with van der Waals surface area (Å²) < 4.78 is 0. The van der Waals surface area contributed by atoms with E-state index in [0.717, 1.165) is 67.3 Å². The smallest absolute Gasteiger partial charge is 0.234 e. The topological polar surface area (TPSA) is 87.2 Å². The summed E-state index contributed by atoms with van der Waals surface area (Å²) in [5.74, 6) is 1.40. The minimum absolute atomic E-state index is 0.0476. The molecule has 2 aromatic rings. The first-order chi connectivity index (χ1) is 15.1. The van der Waals surface area contributed by atoms with Gasteiger partial charge < -0.3 is 15.5 Å². The zero-order valence-corrected chi connectivity index (χ0v) is 18.7. The van der Waals surface area contributed by atoms with Crippen LogP contribution >= 0.6 is 11.8 Å². The molecule has 4 rings (SSSR count). The molecule has 1 aromatic carbocycles. The number of carbonyl (C=O) groups is 2. The lowest BCUT2D eigenvalue weighted by atomic mass is 9.96. The summed E-state index contributed by atoms with van der Waals surface area (Å²) in [4.78, 5) is 35.6. The van der Waals surface area contributed by atoms with Crippen LogP contribution in [-0.4, -0.2) is 46.7 Å². The lowest BCUT2D eigenvalue weighted by Crippen LogP contribution is -2.41. The summed E-state index contributed by atoms with van der Waals surface area (Å²) in [5.41, 5.74) is 1.99. The van der Waals surface area contributed by atoms with E-state index < -0.39 is 0 Å². The second kappa shape index (κ2) is 10.1. The summed E-state index contributed by atoms with van der Waals surface area (Å²) in [6.07, 6.45) is 6.34. The van der Waals surface area contributed by atoms with Crippen LogP contribution in [0.15, 0.2) is 41.7 Å². The number of aryl methyl sites for hydroxylation is 1. The van der Waals surface area contributed by atoms with Gasteiger partial charge in [-0.1, -0.05) is 36.9 Å². The van der Waals surface area contributed by atoms with Gasteiger partial charge in [-0.2, -0.15) is 0 Å². The molecule has 0 radical (unpaired) electrons. The number of hydrogen-bond acceptors (Lipinski definition) is 6. The van der Waals surface area contributed by atoms with E-state index in [1.165, 1.54) is 11.8 Å². The number of para-hydroxylation sites is 1. The highest BCUT2D eigenvalue weighted by Gasteiger charge is 2.30. The Morgan fingerprint density at radius 1 is 1.13 bits per heavy atom. The van der Waals surface area contributed by atoms with Gasteiger partial charge in [0, 0.05) is 36.8 Å². The molecule has 2 fully saturated rings. The zero-order valence-electron chi connectivity index (χ0n) is 17.8. The average molecular weight is 440 g/mol. The Labute approximate surface area is 187 Å². The van der Waals surface area contributed by atoms with Crippen molar-refractivity contribution >= 4 is 35.1 Å². The fourth-order valence-electron chi connectivity index (χ4n) is 3.78. The Kier molecular flexibility index (Phi) is 7.06. The third kappa shape index (κ3) is 5.97. The van der Waals surface area contributed by atoms with Gasteiger partial charge in [-0.15, -0.1) is 0 Å². The number of carbonyl (C=O) groups excluding carboxylic acids is 2. The predicted molar refractivity (Wildman–Crippen MR) is 123 cm³/mol. The largest absolute Gasteiger partial charge is 0.356 e. The van der Waals surface area contributed by atoms with Crippen LogP contribution in [0.5, 0.6) is 0 Å². The number of anilines is 2. The molecular formula is C23H29N5O2S. The van der Waals surface area contributed by atoms with Gasteiger partial charge in [0.25, 0.3) is 0 Å². The van der Waals surface area contributed by atoms with Gasteiger partial charge in [0.05, 0.1) is 5.75 Å². The van der Waals surface area contributed by atoms with Gasteiger partial charge in [-0.3, -0.25) is 9.59 Å². The lowest BCUT2D eigenvalue weighted by molar-refractivity contribution is -0.125. The molecule has 8 heteroatoms. The highest BCUT2D eigenvalue weighted by atomic mass is 32.2. The van der Waals surface area contributed by atoms with Crippen molar-refractivity contribution in [2.24, 2.45) is 5.92 Å². The van der Waals surface area contributed by atoms with Crippen molar-refractivity contribution in [3.63, 3.8) is 0 Å². The Morgan fingerprint density at radius 2 is 1.90 bits per heavy atom. The van der Waals surface area contributed by atoms with E-state index in [4.69, 9.17) is 0 Å². The quantitative estimate of drug-likeness (QED) is 0.485. The standard InChI is InChI=1S/C23H29N5O2S/c1-2-16-5-3-4-6-19(16)27-21(29)14-31-22-13-20(24-15-25-22)28-11-9-17(10-12-28)23(30)26-18-7-8-18/h3-6,13,15,17-18H,2,7-12,14H2,1H3,(H,26,30)(H,27,29). The Hall–Kier alpha value is -2.61. The molecule has 1 saturated carbocycles. The molecule has 2 aliphatic rings. The fourth-order valence-corrected chi connectivity index (χ4v) is 4.44. The third-order valence-corrected chi connectivity index (χ3v) is 6.69. The van der Waals surface area contributed by atoms with Gasteiger partial charge in [0.15, 0.2) is 0 Å². The van der Waals surface area contributed by atoms with Crippen molar-refractivity contribution in [1.82, 2.24) is 15.3 Å². The maximum absolute atomic E-state index is 12.4. The minimum Gasteiger partial charge on any atom is -0.356 e. The molecule has 7 nitrogen and oxygen atoms in total. The molecule has 0 unspecified atom stereocenters. The molecule has 2 amide bonds. The van der Waals surface area contributed by atoms with Gasteiger partial charge >= 0.3 is 0 Å². The van der Waals surface area contributed by atoms with Crippen molar-refractivity contribution in [1.29, 1.82) is 0 Å². The minimum atomic E-state index is -0.0476. The molecule has 0 atom stereocenters. The molecule has 1 saturated heterocycles. The van der Waals surface area contributed by atoms with Crippen molar-refractivity contribution < 1.29 is 9.59 Å². The van der Waals surface area contributed by atoms with E-state index in [1.807, 2.05) is 30.3 Å². The van der Waals surface area contributed by atoms with Crippen LogP contribution in [0, 0.1) is 5.92 Å². The van der Waals surface area contributed by atoms with Crippen molar-refractivity contribution in [2.45, 2.75) is 50.1 Å². The van der Waals surface area contributed by atoms with Gasteiger partial charge in [-0.05, 0) is 43.7 Å². The number of amides is 2. The molecular weight excluding hydrogens is 410 g/mol. The van der Waals surface area contributed by atoms with Gasteiger partial charge in [-0.25, -0.2) is 9.97 Å². The Balaban J connectivity index is 1.27. The summed E-state index contributed by atoms with van der Waals surface area (Å²) in [7, 11) is 0. The summed E-state index contributed by atoms with van der Waals surface area (Å²) >= 11 is 1.40. The predicted octanol–water partition coefficient (Wildman–Crippen LogP) is 3.26. The first-order valence-electron chi connectivity index (χ1n) is 11.0. The summed E-state index contributed by atoms with van der Waals surface area (Å²) in [6.45, 7) is 3.68. The van der Waals surface area contributed by atoms with E-state index in [-0.39, 0.29) is 23.5 Å². The van der Waals surface area contributed by atoms with E-state index >= 15 is 0 Å². The number of hydrogen-bond donors (Lipinski definition) is 2. The van der Waals surface area contributed by atoms with Crippen LogP contribution < -0.4 is 15.5 Å². The van der Waals surface area contributed by atoms with Crippen molar-refractivity contribution in [3.8, 4) is 0 Å². The molecule has 1 aromatic heterocycles. The van der Waals surface area contributed by atoms with E-state index in [1.54, 1.807) is 6.33 Å². The number of rotatable bonds is 8. The molecule has 0 bridgehead atoms. The van der Waals surface area contributed by atoms with Crippen molar-refractivity contribution in [3.05, 3.63) is 42.2 Å². The second-order valence-electron chi connectivity index (χ2n) is 8.11. The number of piperidine rings is 1. The fraction of sp³-hybridized carbons (Fsp3) is 0.478. The number of nitrogens with one attached hydrogen (secondary N) is 2. The summed E-state index contributed by atoms with van der Waals surface area (Å²) in [5, 5.41) is 6.88. The SMILES string of the molecule is CCc1ccccc1NC(=O)CSc1cc(N2CCC(C(=O)NC3CC3)CC2)ncn1. The normalized spacial score (nSPS) is 16.7. The average Bonchev–Trinajstić information content (AvgIpc) is 3.62. The molecule has 164 valence electrons. The molecule has 31 heavy (non-hydrogen) atoms. The second-order valence-corrected chi connectivity index (χ2v) is 9.10. The number of thioether (sulfide) groups is 1. The number of benzene rings is 1. The van der Waals surface area contributed by atoms with Crippen LogP contribution in [0.2, 0.25) is 0 Å². The van der Waals surface area contributed by atoms with Crippen LogP contribution in [0.4, 0.5) is 11.5 Å². The molecule has 2 N–H and O–H groups in total. The van der Waals surface area contributed by atoms with Crippen LogP contribution in [0.1, 0.15) is 38.2 Å². The van der Waals surface area contributed by atoms with Crippen LogP contribution in [0.25, 0.3) is 0 Å². The maximum Gasteiger partial charge on any atom is 0.234 e. The van der Waals surface area contributed by atoms with E-state index in [9.17, 15) is 9.59 Å². The Bertz CT molecular complexity index is 926. The Morgan fingerprint density at radius 3 is 2.65 bits per heavy atom. The highest BCUT2D eigenvalue weighted by molar-refractivity contribution is 7.99. The maximum atomic E-state index is 12.4. The highest BCUT2D eigenvalue weighted by Crippen LogP contribution is 2.26. The van der Waals surface area contributed by atoms with Gasteiger partial charge in [0.2, 0.25) is 11.8 Å².